The molecule has 2 heterocycles. The average Bonchev–Trinajstić information content (AvgIpc) is 3.28. The van der Waals surface area contributed by atoms with Gasteiger partial charge in [0.05, 0.1) is 6.04 Å². The highest BCUT2D eigenvalue weighted by molar-refractivity contribution is 5.77. The lowest BCUT2D eigenvalue weighted by atomic mass is 9.96. The molecule has 0 spiro atoms. The van der Waals surface area contributed by atoms with Gasteiger partial charge in [-0.15, -0.1) is 0 Å². The van der Waals surface area contributed by atoms with Crippen molar-refractivity contribution in [2.75, 3.05) is 44.7 Å². The van der Waals surface area contributed by atoms with E-state index in [0.29, 0.717) is 6.54 Å². The van der Waals surface area contributed by atoms with Crippen LogP contribution >= 0.6 is 0 Å². The minimum absolute atomic E-state index is 0.0464. The first-order valence-electron chi connectivity index (χ1n) is 11.1. The number of hydrogen-bond donors (Lipinski definition) is 1. The maximum absolute atomic E-state index is 12.4. The van der Waals surface area contributed by atoms with E-state index in [1.807, 2.05) is 31.2 Å². The van der Waals surface area contributed by atoms with Gasteiger partial charge in [-0.25, -0.2) is 0 Å². The Kier molecular flexibility index (Phi) is 6.58. The molecule has 160 valence electrons. The summed E-state index contributed by atoms with van der Waals surface area (Å²) in [6.45, 7) is 6.01. The molecule has 1 atom stereocenters. The van der Waals surface area contributed by atoms with Crippen molar-refractivity contribution in [1.29, 1.82) is 0 Å². The van der Waals surface area contributed by atoms with Crippen molar-refractivity contribution in [3.05, 3.63) is 59.2 Å². The maximum Gasteiger partial charge on any atom is 0.258 e. The molecule has 0 saturated carbocycles. The molecule has 5 heteroatoms. The predicted octanol–water partition coefficient (Wildman–Crippen LogP) is 3.71. The largest absolute Gasteiger partial charge is 0.484 e. The van der Waals surface area contributed by atoms with E-state index < -0.39 is 0 Å². The highest BCUT2D eigenvalue weighted by Gasteiger charge is 2.25. The smallest absolute Gasteiger partial charge is 0.258 e. The van der Waals surface area contributed by atoms with Gasteiger partial charge < -0.3 is 15.0 Å². The number of nitrogens with zero attached hydrogens (tertiary/aromatic N) is 2. The fourth-order valence-corrected chi connectivity index (χ4v) is 4.57. The Labute approximate surface area is 180 Å². The summed E-state index contributed by atoms with van der Waals surface area (Å²) in [4.78, 5) is 17.3. The molecule has 0 aromatic heterocycles. The number of aryl methyl sites for hydroxylation is 2. The molecular formula is C25H33N3O2. The lowest BCUT2D eigenvalue weighted by molar-refractivity contribution is -0.123. The number of carbonyl (C=O) groups excluding carboxylic acids is 1. The van der Waals surface area contributed by atoms with E-state index in [1.54, 1.807) is 0 Å². The molecule has 1 fully saturated rings. The van der Waals surface area contributed by atoms with Crippen LogP contribution in [0.25, 0.3) is 0 Å². The Morgan fingerprint density at radius 3 is 2.60 bits per heavy atom. The van der Waals surface area contributed by atoms with Crippen LogP contribution in [0.1, 0.15) is 42.0 Å². The van der Waals surface area contributed by atoms with Crippen molar-refractivity contribution in [1.82, 2.24) is 10.2 Å². The lowest BCUT2D eigenvalue weighted by Gasteiger charge is -2.32. The van der Waals surface area contributed by atoms with Crippen LogP contribution in [0.15, 0.2) is 42.5 Å². The van der Waals surface area contributed by atoms with Crippen molar-refractivity contribution in [2.24, 2.45) is 0 Å². The summed E-state index contributed by atoms with van der Waals surface area (Å²) in [6, 6.07) is 14.9. The fourth-order valence-electron chi connectivity index (χ4n) is 4.57. The van der Waals surface area contributed by atoms with Crippen molar-refractivity contribution < 1.29 is 9.53 Å². The summed E-state index contributed by atoms with van der Waals surface area (Å²) < 4.78 is 5.64. The summed E-state index contributed by atoms with van der Waals surface area (Å²) in [5.74, 6) is 0.656. The van der Waals surface area contributed by atoms with Crippen LogP contribution in [0.5, 0.6) is 5.75 Å². The molecule has 30 heavy (non-hydrogen) atoms. The Morgan fingerprint density at radius 1 is 1.07 bits per heavy atom. The minimum Gasteiger partial charge on any atom is -0.484 e. The number of likely N-dealkylation sites (tertiary alicyclic amines) is 1. The highest BCUT2D eigenvalue weighted by atomic mass is 16.5. The number of anilines is 1. The number of ether oxygens (including phenoxy) is 1. The molecule has 1 N–H and O–H groups in total. The van der Waals surface area contributed by atoms with Gasteiger partial charge >= 0.3 is 0 Å². The van der Waals surface area contributed by atoms with Crippen LogP contribution in [-0.4, -0.2) is 50.6 Å². The van der Waals surface area contributed by atoms with E-state index in [9.17, 15) is 4.79 Å². The maximum atomic E-state index is 12.4. The Hall–Kier alpha value is -2.53. The van der Waals surface area contributed by atoms with Gasteiger partial charge in [-0.2, -0.15) is 0 Å². The number of fused-ring (bicyclic) bond motifs is 1. The second-order valence-corrected chi connectivity index (χ2v) is 8.58. The molecular weight excluding hydrogens is 374 g/mol. The van der Waals surface area contributed by atoms with Crippen molar-refractivity contribution >= 4 is 11.6 Å². The Balaban J connectivity index is 1.40. The summed E-state index contributed by atoms with van der Waals surface area (Å²) in [5.41, 5.74) is 5.27. The average molecular weight is 408 g/mol. The van der Waals surface area contributed by atoms with Gasteiger partial charge in [0.25, 0.3) is 5.91 Å². The number of nitrogens with one attached hydrogen (secondary N) is 1. The minimum atomic E-state index is -0.0718. The monoisotopic (exact) mass is 407 g/mol. The second kappa shape index (κ2) is 9.52. The van der Waals surface area contributed by atoms with Gasteiger partial charge in [0.2, 0.25) is 0 Å². The lowest BCUT2D eigenvalue weighted by Crippen LogP contribution is -2.38. The van der Waals surface area contributed by atoms with E-state index in [0.717, 1.165) is 31.8 Å². The summed E-state index contributed by atoms with van der Waals surface area (Å²) in [6.07, 6.45) is 4.80. The molecule has 0 bridgehead atoms. The van der Waals surface area contributed by atoms with E-state index in [2.05, 4.69) is 40.4 Å². The molecule has 4 rings (SSSR count). The molecule has 1 amide bonds. The normalized spacial score (nSPS) is 17.5. The number of rotatable bonds is 7. The van der Waals surface area contributed by atoms with Crippen LogP contribution < -0.4 is 15.0 Å². The zero-order valence-electron chi connectivity index (χ0n) is 18.2. The standard InChI is InChI=1S/C25H33N3O2/c1-19-7-10-22(11-8-19)30-18-25(29)26-17-24(28-14-3-4-15-28)21-9-12-23-20(16-21)6-5-13-27(23)2/h7-12,16,24H,3-6,13-15,17-18H2,1-2H3,(H,26,29)/t24-/m1/s1. The van der Waals surface area contributed by atoms with Crippen molar-refractivity contribution in [3.8, 4) is 5.75 Å². The van der Waals surface area contributed by atoms with E-state index in [4.69, 9.17) is 4.74 Å². The van der Waals surface area contributed by atoms with E-state index in [1.165, 1.54) is 41.6 Å². The van der Waals surface area contributed by atoms with Crippen LogP contribution in [-0.2, 0) is 11.2 Å². The van der Waals surface area contributed by atoms with Gasteiger partial charge in [-0.1, -0.05) is 29.8 Å². The van der Waals surface area contributed by atoms with E-state index in [-0.39, 0.29) is 18.6 Å². The topological polar surface area (TPSA) is 44.8 Å². The van der Waals surface area contributed by atoms with Gasteiger partial charge in [0, 0.05) is 25.8 Å². The summed E-state index contributed by atoms with van der Waals surface area (Å²) in [5, 5.41) is 3.11. The molecule has 2 aliphatic rings. The highest BCUT2D eigenvalue weighted by Crippen LogP contribution is 2.31. The van der Waals surface area contributed by atoms with E-state index >= 15 is 0 Å². The Bertz CT molecular complexity index is 859. The molecule has 1 saturated heterocycles. The molecule has 0 unspecified atom stereocenters. The van der Waals surface area contributed by atoms with Crippen molar-refractivity contribution in [2.45, 2.75) is 38.6 Å². The molecule has 2 aromatic carbocycles. The number of amides is 1. The number of benzene rings is 2. The van der Waals surface area contributed by atoms with Gasteiger partial charge in [0.15, 0.2) is 6.61 Å². The first-order chi connectivity index (χ1) is 14.6. The molecule has 2 aliphatic heterocycles. The van der Waals surface area contributed by atoms with Crippen LogP contribution in [0.2, 0.25) is 0 Å². The predicted molar refractivity (Wildman–Crippen MR) is 121 cm³/mol. The first kappa shape index (κ1) is 20.7. The zero-order valence-corrected chi connectivity index (χ0v) is 18.2. The molecule has 5 nitrogen and oxygen atoms in total. The fraction of sp³-hybridized carbons (Fsp3) is 0.480. The summed E-state index contributed by atoms with van der Waals surface area (Å²) >= 11 is 0. The third kappa shape index (κ3) is 4.96. The third-order valence-corrected chi connectivity index (χ3v) is 6.30. The van der Waals surface area contributed by atoms with Gasteiger partial charge in [-0.3, -0.25) is 9.69 Å². The molecule has 0 radical (unpaired) electrons. The van der Waals surface area contributed by atoms with Crippen LogP contribution in [0.3, 0.4) is 0 Å². The molecule has 0 aliphatic carbocycles. The number of hydrogen-bond acceptors (Lipinski definition) is 4. The van der Waals surface area contributed by atoms with Crippen LogP contribution in [0, 0.1) is 6.92 Å². The molecule has 2 aromatic rings. The first-order valence-corrected chi connectivity index (χ1v) is 11.1. The second-order valence-electron chi connectivity index (χ2n) is 8.58. The zero-order chi connectivity index (χ0) is 20.9. The Morgan fingerprint density at radius 2 is 1.83 bits per heavy atom. The van der Waals surface area contributed by atoms with Gasteiger partial charge in [0.1, 0.15) is 5.75 Å². The third-order valence-electron chi connectivity index (χ3n) is 6.30. The van der Waals surface area contributed by atoms with Gasteiger partial charge in [-0.05, 0) is 75.0 Å². The quantitative estimate of drug-likeness (QED) is 0.760. The summed E-state index contributed by atoms with van der Waals surface area (Å²) in [7, 11) is 2.17. The SMILES string of the molecule is Cc1ccc(OCC(=O)NC[C@H](c2ccc3c(c2)CCCN3C)N2CCCC2)cc1. The van der Waals surface area contributed by atoms with Crippen molar-refractivity contribution in [3.63, 3.8) is 0 Å². The van der Waals surface area contributed by atoms with Crippen LogP contribution in [0.4, 0.5) is 5.69 Å². The number of carbonyl (C=O) groups is 1.